The van der Waals surface area contributed by atoms with E-state index in [0.717, 1.165) is 12.8 Å². The predicted molar refractivity (Wildman–Crippen MR) is 75.7 cm³/mol. The second-order valence-corrected chi connectivity index (χ2v) is 5.88. The summed E-state index contributed by atoms with van der Waals surface area (Å²) in [6.07, 6.45) is 3.51. The molecule has 5 nitrogen and oxygen atoms in total. The van der Waals surface area contributed by atoms with Gasteiger partial charge in [-0.2, -0.15) is 0 Å². The van der Waals surface area contributed by atoms with Crippen LogP contribution in [0.4, 0.5) is 0 Å². The summed E-state index contributed by atoms with van der Waals surface area (Å²) >= 11 is 0. The zero-order valence-electron chi connectivity index (χ0n) is 12.6. The van der Waals surface area contributed by atoms with Crippen molar-refractivity contribution in [3.8, 4) is 0 Å². The first-order valence-electron chi connectivity index (χ1n) is 6.99. The quantitative estimate of drug-likeness (QED) is 0.333. The molecule has 112 valence electrons. The molecule has 1 fully saturated rings. The van der Waals surface area contributed by atoms with Crippen LogP contribution in [0.15, 0.2) is 4.99 Å². The second kappa shape index (κ2) is 6.77. The molecule has 0 aromatic heterocycles. The Morgan fingerprint density at radius 1 is 1.45 bits per heavy atom. The van der Waals surface area contributed by atoms with Gasteiger partial charge >= 0.3 is 5.97 Å². The molecule has 1 rings (SSSR count). The first kappa shape index (κ1) is 16.5. The van der Waals surface area contributed by atoms with Crippen LogP contribution in [0.25, 0.3) is 0 Å². The number of carbonyl (C=O) groups excluding carboxylic acids is 3. The van der Waals surface area contributed by atoms with Crippen molar-refractivity contribution in [1.29, 1.82) is 0 Å². The van der Waals surface area contributed by atoms with Gasteiger partial charge in [-0.05, 0) is 11.8 Å². The van der Waals surface area contributed by atoms with Gasteiger partial charge in [-0.15, -0.1) is 0 Å². The molecule has 1 aliphatic carbocycles. The van der Waals surface area contributed by atoms with E-state index in [0.29, 0.717) is 6.54 Å². The highest BCUT2D eigenvalue weighted by Crippen LogP contribution is 2.39. The molecule has 0 heterocycles. The Kier molecular flexibility index (Phi) is 5.60. The molecule has 1 saturated carbocycles. The van der Waals surface area contributed by atoms with E-state index in [2.05, 4.69) is 4.99 Å². The number of ether oxygens (including phenoxy) is 1. The van der Waals surface area contributed by atoms with E-state index in [4.69, 9.17) is 4.74 Å². The molecule has 0 aromatic carbocycles. The number of ketones is 2. The van der Waals surface area contributed by atoms with Crippen molar-refractivity contribution in [1.82, 2.24) is 0 Å². The second-order valence-electron chi connectivity index (χ2n) is 5.88. The van der Waals surface area contributed by atoms with Crippen LogP contribution >= 0.6 is 0 Å². The summed E-state index contributed by atoms with van der Waals surface area (Å²) in [4.78, 5) is 40.4. The number of rotatable bonds is 5. The Morgan fingerprint density at radius 3 is 2.65 bits per heavy atom. The number of aliphatic imine (C=N–C) groups is 1. The number of unbranched alkanes of at least 4 members (excludes halogenated alkanes) is 1. The molecule has 0 spiro atoms. The van der Waals surface area contributed by atoms with Crippen molar-refractivity contribution in [3.63, 3.8) is 0 Å². The van der Waals surface area contributed by atoms with Crippen molar-refractivity contribution in [2.24, 2.45) is 22.2 Å². The number of hydrogen-bond acceptors (Lipinski definition) is 5. The van der Waals surface area contributed by atoms with Gasteiger partial charge in [0.1, 0.15) is 17.6 Å². The fourth-order valence-electron chi connectivity index (χ4n) is 2.52. The van der Waals surface area contributed by atoms with Gasteiger partial charge in [-0.3, -0.25) is 19.4 Å². The van der Waals surface area contributed by atoms with Gasteiger partial charge in [0.25, 0.3) is 0 Å². The van der Waals surface area contributed by atoms with Crippen LogP contribution in [0, 0.1) is 17.3 Å². The molecule has 2 atom stereocenters. The molecule has 0 aliphatic heterocycles. The maximum atomic E-state index is 12.4. The molecule has 1 aliphatic rings. The van der Waals surface area contributed by atoms with Crippen molar-refractivity contribution in [3.05, 3.63) is 0 Å². The minimum absolute atomic E-state index is 0.166. The fourth-order valence-corrected chi connectivity index (χ4v) is 2.52. The molecular weight excluding hydrogens is 258 g/mol. The third kappa shape index (κ3) is 3.52. The largest absolute Gasteiger partial charge is 0.468 e. The molecule has 5 heteroatoms. The third-order valence-corrected chi connectivity index (χ3v) is 3.68. The molecule has 0 aromatic rings. The van der Waals surface area contributed by atoms with E-state index >= 15 is 0 Å². The number of nitrogens with zero attached hydrogens (tertiary/aromatic N) is 1. The highest BCUT2D eigenvalue weighted by atomic mass is 16.5. The van der Waals surface area contributed by atoms with Crippen molar-refractivity contribution < 1.29 is 19.1 Å². The number of Topliss-reactive ketones (excluding diaryl/α,β-unsaturated/α-hetero) is 2. The highest BCUT2D eigenvalue weighted by Gasteiger charge is 2.51. The molecule has 0 N–H and O–H groups in total. The Balaban J connectivity index is 2.93. The molecule has 0 saturated heterocycles. The third-order valence-electron chi connectivity index (χ3n) is 3.68. The van der Waals surface area contributed by atoms with Crippen molar-refractivity contribution in [2.75, 3.05) is 13.7 Å². The topological polar surface area (TPSA) is 72.8 Å². The minimum atomic E-state index is -0.899. The Labute approximate surface area is 119 Å². The predicted octanol–water partition coefficient (Wildman–Crippen LogP) is 1.83. The molecule has 0 amide bonds. The summed E-state index contributed by atoms with van der Waals surface area (Å²) in [5.74, 6) is -2.92. The van der Waals surface area contributed by atoms with E-state index < -0.39 is 29.0 Å². The van der Waals surface area contributed by atoms with Gasteiger partial charge in [-0.1, -0.05) is 27.2 Å². The summed E-state index contributed by atoms with van der Waals surface area (Å²) in [5.41, 5.74) is -0.699. The number of carbonyl (C=O) groups is 3. The van der Waals surface area contributed by atoms with E-state index in [1.807, 2.05) is 6.92 Å². The SMILES string of the molecule is CCCCN=CC1C(=O)CC(C)(C)[C@H](C(=O)OC)C1=O. The van der Waals surface area contributed by atoms with E-state index in [-0.39, 0.29) is 12.2 Å². The van der Waals surface area contributed by atoms with Gasteiger partial charge in [0, 0.05) is 19.2 Å². The minimum Gasteiger partial charge on any atom is -0.468 e. The van der Waals surface area contributed by atoms with E-state index in [9.17, 15) is 14.4 Å². The Morgan fingerprint density at radius 2 is 2.10 bits per heavy atom. The number of methoxy groups -OCH3 is 1. The summed E-state index contributed by atoms with van der Waals surface area (Å²) in [5, 5.41) is 0. The first-order chi connectivity index (χ1) is 9.35. The lowest BCUT2D eigenvalue weighted by Gasteiger charge is -2.37. The van der Waals surface area contributed by atoms with E-state index in [1.165, 1.54) is 13.3 Å². The normalized spacial score (nSPS) is 26.0. The molecular formula is C15H23NO4. The van der Waals surface area contributed by atoms with Crippen molar-refractivity contribution in [2.45, 2.75) is 40.0 Å². The molecule has 1 unspecified atom stereocenters. The zero-order valence-corrected chi connectivity index (χ0v) is 12.6. The van der Waals surface area contributed by atoms with Crippen LogP contribution in [0.5, 0.6) is 0 Å². The number of hydrogen-bond donors (Lipinski definition) is 0. The van der Waals surface area contributed by atoms with Crippen LogP contribution in [-0.4, -0.2) is 37.4 Å². The maximum Gasteiger partial charge on any atom is 0.316 e. The molecule has 20 heavy (non-hydrogen) atoms. The lowest BCUT2D eigenvalue weighted by molar-refractivity contribution is -0.159. The molecule has 0 bridgehead atoms. The van der Waals surface area contributed by atoms with E-state index in [1.54, 1.807) is 13.8 Å². The average molecular weight is 281 g/mol. The maximum absolute atomic E-state index is 12.4. The lowest BCUT2D eigenvalue weighted by Crippen LogP contribution is -2.50. The smallest absolute Gasteiger partial charge is 0.316 e. The standard InChI is InChI=1S/C15H23NO4/c1-5-6-7-16-9-10-11(17)8-15(2,3)12(13(10)18)14(19)20-4/h9-10,12H,5-8H2,1-4H3/t10?,12-/m0/s1. The summed E-state index contributed by atoms with van der Waals surface area (Å²) < 4.78 is 4.71. The summed E-state index contributed by atoms with van der Waals surface area (Å²) in [6.45, 7) is 6.13. The number of esters is 1. The highest BCUT2D eigenvalue weighted by molar-refractivity contribution is 6.21. The summed E-state index contributed by atoms with van der Waals surface area (Å²) in [6, 6.07) is 0. The van der Waals surface area contributed by atoms with Crippen LogP contribution in [0.1, 0.15) is 40.0 Å². The fraction of sp³-hybridized carbons (Fsp3) is 0.733. The monoisotopic (exact) mass is 281 g/mol. The summed E-state index contributed by atoms with van der Waals surface area (Å²) in [7, 11) is 1.26. The van der Waals surface area contributed by atoms with Gasteiger partial charge < -0.3 is 4.74 Å². The Bertz CT molecular complexity index is 426. The van der Waals surface area contributed by atoms with Crippen LogP contribution in [0.3, 0.4) is 0 Å². The van der Waals surface area contributed by atoms with Crippen molar-refractivity contribution >= 4 is 23.8 Å². The van der Waals surface area contributed by atoms with Gasteiger partial charge in [0.15, 0.2) is 5.78 Å². The van der Waals surface area contributed by atoms with Gasteiger partial charge in [-0.25, -0.2) is 0 Å². The lowest BCUT2D eigenvalue weighted by atomic mass is 9.64. The zero-order chi connectivity index (χ0) is 15.3. The Hall–Kier alpha value is -1.52. The van der Waals surface area contributed by atoms with Crippen LogP contribution in [-0.2, 0) is 19.1 Å². The van der Waals surface area contributed by atoms with Crippen LogP contribution < -0.4 is 0 Å². The molecule has 0 radical (unpaired) electrons. The first-order valence-corrected chi connectivity index (χ1v) is 6.99. The average Bonchev–Trinajstić information content (AvgIpc) is 2.36. The van der Waals surface area contributed by atoms with Gasteiger partial charge in [0.05, 0.1) is 7.11 Å². The van der Waals surface area contributed by atoms with Crippen LogP contribution in [0.2, 0.25) is 0 Å². The van der Waals surface area contributed by atoms with Gasteiger partial charge in [0.2, 0.25) is 0 Å².